The number of amides is 1. The van der Waals surface area contributed by atoms with E-state index in [1.165, 1.54) is 0 Å². The van der Waals surface area contributed by atoms with Crippen LogP contribution in [-0.2, 0) is 9.53 Å². The van der Waals surface area contributed by atoms with E-state index in [1.807, 2.05) is 38.1 Å². The molecule has 0 radical (unpaired) electrons. The molecule has 0 spiro atoms. The van der Waals surface area contributed by atoms with Crippen molar-refractivity contribution >= 4 is 17.5 Å². The lowest BCUT2D eigenvalue weighted by Crippen LogP contribution is -2.50. The van der Waals surface area contributed by atoms with Crippen molar-refractivity contribution in [1.82, 2.24) is 5.32 Å². The van der Waals surface area contributed by atoms with E-state index in [9.17, 15) is 4.79 Å². The first-order valence-corrected chi connectivity index (χ1v) is 6.71. The van der Waals surface area contributed by atoms with Gasteiger partial charge < -0.3 is 15.8 Å². The minimum Gasteiger partial charge on any atom is -0.379 e. The molecule has 0 aromatic heterocycles. The van der Waals surface area contributed by atoms with Crippen molar-refractivity contribution in [3.8, 4) is 0 Å². The summed E-state index contributed by atoms with van der Waals surface area (Å²) in [6, 6.07) is 7.08. The quantitative estimate of drug-likeness (QED) is 0.890. The Morgan fingerprint density at radius 2 is 2.37 bits per heavy atom. The smallest absolute Gasteiger partial charge is 0.230 e. The Labute approximate surface area is 118 Å². The minimum absolute atomic E-state index is 0.0787. The number of ether oxygens (including phenoxy) is 1. The molecule has 5 heteroatoms. The molecule has 1 fully saturated rings. The average Bonchev–Trinajstić information content (AvgIpc) is 2.71. The van der Waals surface area contributed by atoms with Gasteiger partial charge in [0.15, 0.2) is 0 Å². The molecule has 104 valence electrons. The van der Waals surface area contributed by atoms with Gasteiger partial charge in [0.2, 0.25) is 5.91 Å². The number of benzene rings is 1. The summed E-state index contributed by atoms with van der Waals surface area (Å²) >= 11 is 5.95. The number of rotatable bonds is 3. The highest BCUT2D eigenvalue weighted by atomic mass is 35.5. The summed E-state index contributed by atoms with van der Waals surface area (Å²) in [5.74, 6) is -0.0787. The molecule has 1 heterocycles. The average molecular weight is 283 g/mol. The van der Waals surface area contributed by atoms with Crippen molar-refractivity contribution in [2.75, 3.05) is 13.2 Å². The third-order valence-electron chi connectivity index (χ3n) is 3.73. The van der Waals surface area contributed by atoms with Crippen molar-refractivity contribution in [3.05, 3.63) is 34.9 Å². The molecule has 1 saturated heterocycles. The molecular weight excluding hydrogens is 264 g/mol. The maximum atomic E-state index is 12.3. The van der Waals surface area contributed by atoms with Gasteiger partial charge in [0, 0.05) is 11.1 Å². The third kappa shape index (κ3) is 2.91. The number of nitrogens with one attached hydrogen (secondary N) is 1. The summed E-state index contributed by atoms with van der Waals surface area (Å²) in [6.07, 6.45) is 0. The number of hydrogen-bond donors (Lipinski definition) is 2. The highest BCUT2D eigenvalue weighted by Crippen LogP contribution is 2.28. The summed E-state index contributed by atoms with van der Waals surface area (Å²) in [6.45, 7) is 4.55. The number of hydrogen-bond acceptors (Lipinski definition) is 3. The molecule has 3 N–H and O–H groups in total. The third-order valence-corrected chi connectivity index (χ3v) is 3.97. The fraction of sp³-hybridized carbons (Fsp3) is 0.500. The standard InChI is InChI=1S/C14H19ClN2O2/c1-9(10-4-3-5-11(15)6-10)17-13(18)14(2)8-19-7-12(14)16/h3-6,9,12H,7-8,16H2,1-2H3,(H,17,18). The molecule has 1 aliphatic heterocycles. The van der Waals surface area contributed by atoms with Crippen LogP contribution in [0.1, 0.15) is 25.5 Å². The van der Waals surface area contributed by atoms with Crippen LogP contribution in [-0.4, -0.2) is 25.2 Å². The molecule has 3 atom stereocenters. The van der Waals surface area contributed by atoms with Crippen molar-refractivity contribution in [2.45, 2.75) is 25.9 Å². The second kappa shape index (κ2) is 5.49. The molecular formula is C14H19ClN2O2. The van der Waals surface area contributed by atoms with Crippen molar-refractivity contribution in [3.63, 3.8) is 0 Å². The fourth-order valence-electron chi connectivity index (χ4n) is 2.14. The van der Waals surface area contributed by atoms with E-state index in [0.717, 1.165) is 5.56 Å². The van der Waals surface area contributed by atoms with Crippen molar-refractivity contribution in [1.29, 1.82) is 0 Å². The predicted molar refractivity (Wildman–Crippen MR) is 74.9 cm³/mol. The maximum Gasteiger partial charge on any atom is 0.230 e. The second-order valence-electron chi connectivity index (χ2n) is 5.29. The van der Waals surface area contributed by atoms with Gasteiger partial charge in [-0.2, -0.15) is 0 Å². The molecule has 1 aromatic carbocycles. The highest BCUT2D eigenvalue weighted by Gasteiger charge is 2.44. The van der Waals surface area contributed by atoms with Crippen LogP contribution in [0.25, 0.3) is 0 Å². The van der Waals surface area contributed by atoms with E-state index < -0.39 is 5.41 Å². The topological polar surface area (TPSA) is 64.3 Å². The maximum absolute atomic E-state index is 12.3. The van der Waals surface area contributed by atoms with Gasteiger partial charge in [-0.1, -0.05) is 23.7 Å². The van der Waals surface area contributed by atoms with E-state index >= 15 is 0 Å². The molecule has 19 heavy (non-hydrogen) atoms. The molecule has 3 unspecified atom stereocenters. The Kier molecular flexibility index (Phi) is 4.13. The number of halogens is 1. The molecule has 1 aromatic rings. The van der Waals surface area contributed by atoms with Crippen LogP contribution in [0, 0.1) is 5.41 Å². The SMILES string of the molecule is CC(NC(=O)C1(C)COCC1N)c1cccc(Cl)c1. The molecule has 0 bridgehead atoms. The summed E-state index contributed by atoms with van der Waals surface area (Å²) in [7, 11) is 0. The monoisotopic (exact) mass is 282 g/mol. The Balaban J connectivity index is 2.07. The van der Waals surface area contributed by atoms with E-state index in [-0.39, 0.29) is 18.0 Å². The van der Waals surface area contributed by atoms with Crippen LogP contribution in [0.4, 0.5) is 0 Å². The van der Waals surface area contributed by atoms with Crippen LogP contribution in [0.3, 0.4) is 0 Å². The van der Waals surface area contributed by atoms with Gasteiger partial charge in [-0.25, -0.2) is 0 Å². The number of carbonyl (C=O) groups is 1. The van der Waals surface area contributed by atoms with E-state index in [0.29, 0.717) is 18.2 Å². The zero-order chi connectivity index (χ0) is 14.0. The van der Waals surface area contributed by atoms with Gasteiger partial charge in [-0.15, -0.1) is 0 Å². The summed E-state index contributed by atoms with van der Waals surface area (Å²) < 4.78 is 5.29. The van der Waals surface area contributed by atoms with E-state index in [1.54, 1.807) is 0 Å². The molecule has 0 saturated carbocycles. The van der Waals surface area contributed by atoms with Gasteiger partial charge in [0.1, 0.15) is 0 Å². The first-order chi connectivity index (χ1) is 8.93. The normalized spacial score (nSPS) is 28.1. The highest BCUT2D eigenvalue weighted by molar-refractivity contribution is 6.30. The summed E-state index contributed by atoms with van der Waals surface area (Å²) in [4.78, 5) is 12.3. The van der Waals surface area contributed by atoms with E-state index in [4.69, 9.17) is 22.1 Å². The molecule has 1 amide bonds. The van der Waals surface area contributed by atoms with Crippen molar-refractivity contribution < 1.29 is 9.53 Å². The lowest BCUT2D eigenvalue weighted by Gasteiger charge is -2.27. The molecule has 2 rings (SSSR count). The Hall–Kier alpha value is -1.10. The van der Waals surface area contributed by atoms with Gasteiger partial charge in [-0.3, -0.25) is 4.79 Å². The van der Waals surface area contributed by atoms with Crippen molar-refractivity contribution in [2.24, 2.45) is 11.1 Å². The van der Waals surface area contributed by atoms with Crippen LogP contribution in [0.2, 0.25) is 5.02 Å². The Morgan fingerprint density at radius 3 is 2.95 bits per heavy atom. The number of carbonyl (C=O) groups excluding carboxylic acids is 1. The zero-order valence-corrected chi connectivity index (χ0v) is 11.9. The zero-order valence-electron chi connectivity index (χ0n) is 11.2. The van der Waals surface area contributed by atoms with Crippen LogP contribution in [0.15, 0.2) is 24.3 Å². The first-order valence-electron chi connectivity index (χ1n) is 6.33. The van der Waals surface area contributed by atoms with Crippen LogP contribution >= 0.6 is 11.6 Å². The summed E-state index contributed by atoms with van der Waals surface area (Å²) in [5.41, 5.74) is 6.26. The largest absolute Gasteiger partial charge is 0.379 e. The van der Waals surface area contributed by atoms with Gasteiger partial charge in [-0.05, 0) is 31.5 Å². The number of nitrogens with two attached hydrogens (primary N) is 1. The Bertz CT molecular complexity index is 480. The lowest BCUT2D eigenvalue weighted by atomic mass is 9.84. The molecule has 4 nitrogen and oxygen atoms in total. The predicted octanol–water partition coefficient (Wildman–Crippen LogP) is 1.88. The molecule has 1 aliphatic rings. The molecule has 0 aliphatic carbocycles. The summed E-state index contributed by atoms with van der Waals surface area (Å²) in [5, 5.41) is 3.64. The second-order valence-corrected chi connectivity index (χ2v) is 5.73. The van der Waals surface area contributed by atoms with Gasteiger partial charge >= 0.3 is 0 Å². The lowest BCUT2D eigenvalue weighted by molar-refractivity contribution is -0.131. The van der Waals surface area contributed by atoms with E-state index in [2.05, 4.69) is 5.32 Å². The van der Waals surface area contributed by atoms with Gasteiger partial charge in [0.05, 0.1) is 24.7 Å². The van der Waals surface area contributed by atoms with Crippen LogP contribution in [0.5, 0.6) is 0 Å². The van der Waals surface area contributed by atoms with Crippen LogP contribution < -0.4 is 11.1 Å². The first kappa shape index (κ1) is 14.3. The minimum atomic E-state index is -0.660. The van der Waals surface area contributed by atoms with Gasteiger partial charge in [0.25, 0.3) is 0 Å². The fourth-order valence-corrected chi connectivity index (χ4v) is 2.34. The Morgan fingerprint density at radius 1 is 1.63 bits per heavy atom.